The van der Waals surface area contributed by atoms with E-state index < -0.39 is 27.9 Å². The smallest absolute Gasteiger partial charge is 0.404 e. The average Bonchev–Trinajstić information content (AvgIpc) is 2.65. The number of hydrogen-bond donors (Lipinski definition) is 2. The monoisotopic (exact) mass is 467 g/mol. The Labute approximate surface area is 180 Å². The largest absolute Gasteiger partial charge is 0.491 e. The minimum absolute atomic E-state index is 0.0324. The lowest BCUT2D eigenvalue weighted by Gasteiger charge is -2.30. The number of nitrogens with zero attached hydrogens (tertiary/aromatic N) is 1. The number of hydrogen-bond acceptors (Lipinski definition) is 6. The maximum atomic E-state index is 13.1. The van der Waals surface area contributed by atoms with Gasteiger partial charge in [0, 0.05) is 39.0 Å². The van der Waals surface area contributed by atoms with E-state index in [2.05, 4.69) is 5.32 Å². The molecule has 31 heavy (non-hydrogen) atoms. The Morgan fingerprint density at radius 2 is 2.00 bits per heavy atom. The first-order valence-electron chi connectivity index (χ1n) is 9.67. The van der Waals surface area contributed by atoms with E-state index in [9.17, 15) is 26.4 Å². The molecule has 0 bridgehead atoms. The molecule has 2 N–H and O–H groups in total. The predicted octanol–water partition coefficient (Wildman–Crippen LogP) is 2.08. The quantitative estimate of drug-likeness (QED) is 0.704. The van der Waals surface area contributed by atoms with Gasteiger partial charge in [-0.2, -0.15) is 13.2 Å². The number of ether oxygens (including phenoxy) is 2. The Morgan fingerprint density at radius 1 is 1.32 bits per heavy atom. The fraction of sp³-hybridized carbons (Fsp3) is 0.632. The number of carbonyl (C=O) groups is 1. The molecule has 3 atom stereocenters. The summed E-state index contributed by atoms with van der Waals surface area (Å²) in [5.74, 6) is -2.21. The summed E-state index contributed by atoms with van der Waals surface area (Å²) in [6.45, 7) is 5.04. The van der Waals surface area contributed by atoms with Gasteiger partial charge in [-0.3, -0.25) is 9.52 Å². The van der Waals surface area contributed by atoms with Gasteiger partial charge >= 0.3 is 6.18 Å². The lowest BCUT2D eigenvalue weighted by Crippen LogP contribution is -2.44. The van der Waals surface area contributed by atoms with Crippen LogP contribution < -0.4 is 14.8 Å². The summed E-state index contributed by atoms with van der Waals surface area (Å²) < 4.78 is 74.3. The van der Waals surface area contributed by atoms with Crippen molar-refractivity contribution in [2.75, 3.05) is 44.3 Å². The summed E-state index contributed by atoms with van der Waals surface area (Å²) in [7, 11) is -1.57. The molecule has 1 aliphatic heterocycles. The van der Waals surface area contributed by atoms with Crippen molar-refractivity contribution in [2.24, 2.45) is 5.92 Å². The van der Waals surface area contributed by atoms with Gasteiger partial charge in [-0.05, 0) is 31.0 Å². The van der Waals surface area contributed by atoms with Crippen LogP contribution in [0.25, 0.3) is 0 Å². The molecule has 1 aromatic rings. The Kier molecular flexibility index (Phi) is 8.17. The van der Waals surface area contributed by atoms with Gasteiger partial charge in [0.25, 0.3) is 5.91 Å². The highest BCUT2D eigenvalue weighted by Gasteiger charge is 2.35. The van der Waals surface area contributed by atoms with Crippen LogP contribution in [0.15, 0.2) is 18.2 Å². The second-order valence-corrected chi connectivity index (χ2v) is 9.47. The van der Waals surface area contributed by atoms with E-state index in [1.807, 2.05) is 18.6 Å². The molecule has 12 heteroatoms. The maximum Gasteiger partial charge on any atom is 0.404 e. The lowest BCUT2D eigenvalue weighted by molar-refractivity contribution is -0.106. The SMILES string of the molecule is CO[C@@H]1CN(C)C(=O)c2cc(NS(=O)(=O)CC(F)(F)F)ccc2OC[C@@H](C)NC[C@@H]1C. The highest BCUT2D eigenvalue weighted by atomic mass is 32.2. The zero-order valence-corrected chi connectivity index (χ0v) is 18.6. The third-order valence-electron chi connectivity index (χ3n) is 4.85. The third kappa shape index (κ3) is 7.54. The molecule has 8 nitrogen and oxygen atoms in total. The summed E-state index contributed by atoms with van der Waals surface area (Å²) in [6, 6.07) is 3.74. The minimum Gasteiger partial charge on any atom is -0.491 e. The van der Waals surface area contributed by atoms with Crippen molar-refractivity contribution in [1.82, 2.24) is 10.2 Å². The first kappa shape index (κ1) is 25.2. The van der Waals surface area contributed by atoms with E-state index in [0.29, 0.717) is 6.54 Å². The minimum atomic E-state index is -4.89. The Morgan fingerprint density at radius 3 is 2.61 bits per heavy atom. The van der Waals surface area contributed by atoms with Gasteiger partial charge in [0.1, 0.15) is 12.4 Å². The van der Waals surface area contributed by atoms with E-state index in [-0.39, 0.29) is 48.2 Å². The van der Waals surface area contributed by atoms with Crippen LogP contribution in [0.3, 0.4) is 0 Å². The van der Waals surface area contributed by atoms with Crippen LogP contribution in [-0.4, -0.2) is 77.2 Å². The van der Waals surface area contributed by atoms with Crippen molar-refractivity contribution in [3.63, 3.8) is 0 Å². The molecule has 0 unspecified atom stereocenters. The third-order valence-corrected chi connectivity index (χ3v) is 6.11. The Balaban J connectivity index is 2.37. The molecular weight excluding hydrogens is 439 g/mol. The van der Waals surface area contributed by atoms with Crippen molar-refractivity contribution in [2.45, 2.75) is 32.2 Å². The molecular formula is C19H28F3N3O5S. The van der Waals surface area contributed by atoms with Crippen LogP contribution >= 0.6 is 0 Å². The maximum absolute atomic E-state index is 13.1. The molecule has 0 aliphatic carbocycles. The van der Waals surface area contributed by atoms with Gasteiger partial charge in [-0.15, -0.1) is 0 Å². The number of amides is 1. The molecule has 1 aliphatic rings. The molecule has 2 rings (SSSR count). The van der Waals surface area contributed by atoms with Crippen LogP contribution in [0.2, 0.25) is 0 Å². The summed E-state index contributed by atoms with van der Waals surface area (Å²) in [4.78, 5) is 14.5. The Hall–Kier alpha value is -2.05. The van der Waals surface area contributed by atoms with Crippen LogP contribution in [0.5, 0.6) is 5.75 Å². The molecule has 0 aromatic heterocycles. The van der Waals surface area contributed by atoms with Crippen molar-refractivity contribution in [1.29, 1.82) is 0 Å². The van der Waals surface area contributed by atoms with E-state index in [4.69, 9.17) is 9.47 Å². The summed E-state index contributed by atoms with van der Waals surface area (Å²) in [5.41, 5.74) is -0.131. The normalized spacial score (nSPS) is 23.9. The van der Waals surface area contributed by atoms with E-state index in [0.717, 1.165) is 0 Å². The van der Waals surface area contributed by atoms with Crippen molar-refractivity contribution in [3.05, 3.63) is 23.8 Å². The summed E-state index contributed by atoms with van der Waals surface area (Å²) in [5, 5.41) is 3.33. The number of rotatable bonds is 4. The summed E-state index contributed by atoms with van der Waals surface area (Å²) >= 11 is 0. The van der Waals surface area contributed by atoms with Crippen molar-refractivity contribution in [3.8, 4) is 5.75 Å². The fourth-order valence-electron chi connectivity index (χ4n) is 3.16. The highest BCUT2D eigenvalue weighted by Crippen LogP contribution is 2.27. The van der Waals surface area contributed by atoms with Gasteiger partial charge in [0.15, 0.2) is 5.75 Å². The lowest BCUT2D eigenvalue weighted by atomic mass is 10.0. The molecule has 0 fully saturated rings. The topological polar surface area (TPSA) is 97.0 Å². The molecule has 0 radical (unpaired) electrons. The molecule has 1 aromatic carbocycles. The second kappa shape index (κ2) is 10.0. The standard InChI is InChI=1S/C19H28F3N3O5S/c1-12-8-23-13(2)10-30-16-6-5-14(24-31(27,28)11-19(20,21)22)7-15(16)18(26)25(3)9-17(12)29-4/h5-7,12-13,17,23-24H,8-11H2,1-4H3/t12-,13+,17+/m0/s1. The van der Waals surface area contributed by atoms with Crippen LogP contribution in [0, 0.1) is 5.92 Å². The van der Waals surface area contributed by atoms with Gasteiger partial charge in [-0.25, -0.2) is 8.42 Å². The van der Waals surface area contributed by atoms with Crippen LogP contribution in [-0.2, 0) is 14.8 Å². The van der Waals surface area contributed by atoms with E-state index in [1.54, 1.807) is 14.2 Å². The molecule has 0 spiro atoms. The average molecular weight is 468 g/mol. The first-order valence-corrected chi connectivity index (χ1v) is 11.3. The van der Waals surface area contributed by atoms with Crippen molar-refractivity contribution < 1.29 is 35.9 Å². The van der Waals surface area contributed by atoms with Crippen molar-refractivity contribution >= 4 is 21.6 Å². The van der Waals surface area contributed by atoms with Gasteiger partial charge in [-0.1, -0.05) is 6.92 Å². The second-order valence-electron chi connectivity index (χ2n) is 7.74. The number of benzene rings is 1. The van der Waals surface area contributed by atoms with Gasteiger partial charge < -0.3 is 19.7 Å². The number of carbonyl (C=O) groups excluding carboxylic acids is 1. The Bertz CT molecular complexity index is 879. The van der Waals surface area contributed by atoms with Crippen LogP contribution in [0.1, 0.15) is 24.2 Å². The zero-order chi connectivity index (χ0) is 23.4. The van der Waals surface area contributed by atoms with Gasteiger partial charge in [0.2, 0.25) is 10.0 Å². The van der Waals surface area contributed by atoms with Gasteiger partial charge in [0.05, 0.1) is 11.7 Å². The molecule has 0 saturated carbocycles. The number of anilines is 1. The number of fused-ring (bicyclic) bond motifs is 1. The van der Waals surface area contributed by atoms with Crippen LogP contribution in [0.4, 0.5) is 18.9 Å². The number of nitrogens with one attached hydrogen (secondary N) is 2. The molecule has 1 amide bonds. The number of likely N-dealkylation sites (N-methyl/N-ethyl adjacent to an activating group) is 1. The van der Waals surface area contributed by atoms with E-state index >= 15 is 0 Å². The molecule has 0 saturated heterocycles. The fourth-order valence-corrected chi connectivity index (χ4v) is 4.14. The number of alkyl halides is 3. The highest BCUT2D eigenvalue weighted by molar-refractivity contribution is 7.92. The molecule has 1 heterocycles. The number of sulfonamides is 1. The molecule has 176 valence electrons. The first-order chi connectivity index (χ1) is 14.3. The number of halogens is 3. The number of methoxy groups -OCH3 is 1. The van der Waals surface area contributed by atoms with E-state index in [1.165, 1.54) is 23.1 Å². The summed E-state index contributed by atoms with van der Waals surface area (Å²) in [6.07, 6.45) is -5.15. The zero-order valence-electron chi connectivity index (χ0n) is 17.8. The predicted molar refractivity (Wildman–Crippen MR) is 110 cm³/mol.